The van der Waals surface area contributed by atoms with Gasteiger partial charge in [0.25, 0.3) is 0 Å². The third-order valence-electron chi connectivity index (χ3n) is 27.4. The molecule has 0 radical (unpaired) electrons. The summed E-state index contributed by atoms with van der Waals surface area (Å²) in [7, 11) is 0. The number of carboxylic acids is 1. The van der Waals surface area contributed by atoms with Crippen molar-refractivity contribution in [1.82, 2.24) is 108 Å². The number of nitriles is 1. The number of β-amino-alcohol motifs (C(OH)–C–C–N with tert-alkyl or cyclic N) is 1. The van der Waals surface area contributed by atoms with Crippen molar-refractivity contribution in [3.05, 3.63) is 298 Å². The molecular weight excluding hydrogens is 1960 g/mol. The lowest BCUT2D eigenvalue weighted by atomic mass is 9.85. The summed E-state index contributed by atoms with van der Waals surface area (Å²) in [6, 6.07) is 69.3. The molecule has 0 bridgehead atoms. The van der Waals surface area contributed by atoms with E-state index in [-0.39, 0.29) is 84.9 Å². The molecule has 758 valence electrons. The molecule has 1 amide bonds. The maximum absolute atomic E-state index is 12.4. The summed E-state index contributed by atoms with van der Waals surface area (Å²) >= 11 is 3.45. The number of carboxylic acid groups (broad SMARTS) is 1. The summed E-state index contributed by atoms with van der Waals surface area (Å²) in [5.41, 5.74) is 42.5. The number of hydrogen-bond acceptors (Lipinski definition) is 26. The number of ether oxygens (including phenoxy) is 1. The topological polar surface area (TPSA) is 474 Å². The Bertz CT molecular complexity index is 8810. The zero-order chi connectivity index (χ0) is 98.6. The van der Waals surface area contributed by atoms with Gasteiger partial charge in [0.1, 0.15) is 64.2 Å². The molecular formula is C116H112BrN23O10. The van der Waals surface area contributed by atoms with E-state index in [4.69, 9.17) is 34.8 Å². The van der Waals surface area contributed by atoms with Crippen LogP contribution in [-0.4, -0.2) is 160 Å². The van der Waals surface area contributed by atoms with Crippen molar-refractivity contribution < 1.29 is 50.1 Å². The Hall–Kier alpha value is -17.9. The number of H-pyrrole nitrogens is 5. The van der Waals surface area contributed by atoms with E-state index in [1.54, 1.807) is 84.3 Å². The van der Waals surface area contributed by atoms with Crippen molar-refractivity contribution in [3.8, 4) is 103 Å². The standard InChI is InChI=1S/C24H22N6O3.C24H24N6O2.C22H14BrN3O2.C21H16N4O.C20H16N4O2.5CH4/c31-14-7-5-13(6-8-14)23-16-4-2-1-3-15(16)21-17(25-23)9-10-18-22(21)24(28-26-18)19-11-30(29-27-19)12-20(32)33;31-12-11-30-13-20(27-29-30)24-22-19(26-28-24)10-9-18-21(22)16-3-1-2-4-17(16)23(25-18)14-5-7-15(32)8-6-14;23-14-3-7-16(8-4-14)28-21-11-20(13-1-5-15(27)6-2-13)25-19-10-9-18-17(22(19)21)12-24-26-18;22-11-18-20-17(24-25-18)10-9-16-19(20)14-3-1-2-4-15(14)21(23-16)12-5-7-13(26)8-6-12;25-13-5-3-12(4-6-13)17-10-18(24-9-1-2-19(24)26)20-14-11-21-23-15(14)7-8-16(20)22-17;;;;;/h5-11,27,29,31H,1-4,12H2,(H,26,28)(H,32,33);5-10,13,27,29,31-32H,1-4,11-12H2,(H,26,28);1-12,27H,(H,24,26);5-10,26H,1-4H2,(H,24,25);3-8,10-11,25H,1-2,9H2,(H,21,23);5*1H4. The molecule has 1 fully saturated rings. The van der Waals surface area contributed by atoms with Crippen LogP contribution in [-0.2, 0) is 48.1 Å². The number of nitrogens with one attached hydrogen (secondary N) is 9. The van der Waals surface area contributed by atoms with Gasteiger partial charge in [-0.2, -0.15) is 30.8 Å². The van der Waals surface area contributed by atoms with E-state index >= 15 is 0 Å². The molecule has 3 aliphatic heterocycles. The summed E-state index contributed by atoms with van der Waals surface area (Å²) < 4.78 is 7.25. The molecule has 34 heteroatoms. The number of hydrogen-bond donors (Lipinski definition) is 16. The maximum Gasteiger partial charge on any atom is 0.324 e. The molecule has 0 atom stereocenters. The number of aromatic hydroxyl groups is 5. The highest BCUT2D eigenvalue weighted by Crippen LogP contribution is 2.47. The number of amides is 1. The average molecular weight is 2070 g/mol. The smallest absolute Gasteiger partial charge is 0.324 e. The van der Waals surface area contributed by atoms with E-state index in [9.17, 15) is 45.5 Å². The Morgan fingerprint density at radius 2 is 0.773 bits per heavy atom. The van der Waals surface area contributed by atoms with Gasteiger partial charge < -0.3 is 56.2 Å². The molecule has 27 rings (SSSR count). The fraction of sp³-hybridized carbons (Fsp3) is 0.198. The van der Waals surface area contributed by atoms with Crippen molar-refractivity contribution in [2.24, 2.45) is 0 Å². The molecule has 3 aliphatic carbocycles. The molecule has 21 aromatic rings. The molecule has 150 heavy (non-hydrogen) atoms. The number of pyridine rings is 5. The lowest BCUT2D eigenvalue weighted by Gasteiger charge is -2.22. The van der Waals surface area contributed by atoms with Crippen LogP contribution >= 0.6 is 15.9 Å². The van der Waals surface area contributed by atoms with Crippen molar-refractivity contribution in [1.29, 1.82) is 5.26 Å². The van der Waals surface area contributed by atoms with Gasteiger partial charge in [0.05, 0.1) is 132 Å². The first-order valence-electron chi connectivity index (χ1n) is 47.9. The lowest BCUT2D eigenvalue weighted by Crippen LogP contribution is -2.39. The minimum absolute atomic E-state index is 0. The van der Waals surface area contributed by atoms with E-state index < -0.39 is 5.97 Å². The van der Waals surface area contributed by atoms with Crippen LogP contribution in [0.5, 0.6) is 40.2 Å². The van der Waals surface area contributed by atoms with Crippen LogP contribution in [0.4, 0.5) is 5.69 Å². The first-order valence-corrected chi connectivity index (χ1v) is 48.7. The molecule has 1 saturated heterocycles. The second kappa shape index (κ2) is 43.4. The normalized spacial score (nSPS) is 13.8. The van der Waals surface area contributed by atoms with Gasteiger partial charge in [-0.15, -0.1) is 11.1 Å². The van der Waals surface area contributed by atoms with E-state index in [1.165, 1.54) is 38.4 Å². The monoisotopic (exact) mass is 2070 g/mol. The van der Waals surface area contributed by atoms with Crippen LogP contribution in [0.1, 0.15) is 139 Å². The number of carbonyl (C=O) groups excluding carboxylic acids is 1. The minimum Gasteiger partial charge on any atom is -0.508 e. The number of aliphatic carboxylic acids is 1. The van der Waals surface area contributed by atoms with Crippen LogP contribution < -0.4 is 31.6 Å². The first kappa shape index (κ1) is 102. The van der Waals surface area contributed by atoms with E-state index in [2.05, 4.69) is 101 Å². The number of carbonyl (C=O) groups is 2. The number of aryl methyl sites for hydroxylation is 3. The molecule has 10 aromatic heterocycles. The highest BCUT2D eigenvalue weighted by Gasteiger charge is 2.32. The van der Waals surface area contributed by atoms with Gasteiger partial charge >= 0.3 is 5.97 Å². The average Bonchev–Trinajstić information content (AvgIpc) is 1.40. The first-order chi connectivity index (χ1) is 70.9. The molecule has 0 spiro atoms. The van der Waals surface area contributed by atoms with Crippen LogP contribution in [0.25, 0.3) is 177 Å². The van der Waals surface area contributed by atoms with Gasteiger partial charge in [-0.05, 0) is 329 Å². The van der Waals surface area contributed by atoms with Gasteiger partial charge in [0, 0.05) is 112 Å². The largest absolute Gasteiger partial charge is 0.508 e. The highest BCUT2D eigenvalue weighted by molar-refractivity contribution is 9.10. The predicted molar refractivity (Wildman–Crippen MR) is 593 cm³/mol. The molecule has 33 nitrogen and oxygen atoms in total. The van der Waals surface area contributed by atoms with Crippen molar-refractivity contribution in [2.75, 3.05) is 31.1 Å². The number of benzene rings is 11. The fourth-order valence-electron chi connectivity index (χ4n) is 20.7. The van der Waals surface area contributed by atoms with Crippen LogP contribution in [0.3, 0.4) is 0 Å². The van der Waals surface area contributed by atoms with Crippen molar-refractivity contribution >= 4 is 154 Å². The quantitative estimate of drug-likeness (QED) is 0.0481. The number of aromatic nitrogens is 15. The Kier molecular flexibility index (Phi) is 29.5. The number of fused-ring (bicyclic) bond motifs is 21. The summed E-state index contributed by atoms with van der Waals surface area (Å²) in [5, 5.41) is 126. The predicted octanol–water partition coefficient (Wildman–Crippen LogP) is 23.1. The summed E-state index contributed by atoms with van der Waals surface area (Å²) in [4.78, 5) is 50.1. The van der Waals surface area contributed by atoms with Gasteiger partial charge in [-0.3, -0.25) is 45.1 Å². The molecule has 16 N–H and O–H groups in total. The number of phenols is 5. The maximum atomic E-state index is 12.4. The zero-order valence-electron chi connectivity index (χ0n) is 77.8. The summed E-state index contributed by atoms with van der Waals surface area (Å²) in [6.45, 7) is 1.07. The molecule has 0 saturated carbocycles. The molecule has 13 heterocycles. The van der Waals surface area contributed by atoms with Gasteiger partial charge in [0.15, 0.2) is 5.69 Å². The third-order valence-corrected chi connectivity index (χ3v) is 27.9. The number of aliphatic hydroxyl groups is 1. The number of aliphatic hydroxyl groups excluding tert-OH is 1. The molecule has 0 unspecified atom stereocenters. The minimum atomic E-state index is -0.931. The number of anilines is 1. The SMILES string of the molecule is C.C.C.C.C.N#Cc1n[nH]c2ccc3nc(-c4ccc(O)cc4)c4c(c3c12)CCCC4.O=C(O)CN1C=C(c2n[nH]c3ccc4nc(-c5ccc(O)cc5)c5c(c4c23)CCCC5)NN1.O=C1CCCN1c1cc(-c2ccc(O)cc2)nc2ccc3[nH]ncc3c12.OCCN1C=C(c2n[nH]c3ccc4nc(-c5ccc(O)cc5)c5c(c4c23)CCCC5)NN1.Oc1ccc(-c2cc(Oc3ccc(Br)cc3)c3c(ccc4[nH]ncc43)n2)cc1. The Labute approximate surface area is 870 Å². The van der Waals surface area contributed by atoms with Gasteiger partial charge in [0.2, 0.25) is 5.91 Å². The third kappa shape index (κ3) is 19.7. The van der Waals surface area contributed by atoms with E-state index in [0.717, 1.165) is 282 Å². The Morgan fingerprint density at radius 3 is 1.20 bits per heavy atom. The highest BCUT2D eigenvalue weighted by atomic mass is 79.9. The van der Waals surface area contributed by atoms with Crippen LogP contribution in [0, 0.1) is 11.3 Å². The molecule has 11 aromatic carbocycles. The number of halogens is 1. The van der Waals surface area contributed by atoms with Gasteiger partial charge in [-0.25, -0.2) is 24.9 Å². The summed E-state index contributed by atoms with van der Waals surface area (Å²) in [5.74, 6) is 1.81. The number of nitrogens with zero attached hydrogens (tertiary/aromatic N) is 14. The Balaban J connectivity index is 0.000000122. The number of aromatic amines is 5. The number of hydrazine groups is 4. The van der Waals surface area contributed by atoms with Crippen molar-refractivity contribution in [3.63, 3.8) is 0 Å². The van der Waals surface area contributed by atoms with E-state index in [1.807, 2.05) is 163 Å². The van der Waals surface area contributed by atoms with Gasteiger partial charge in [-0.1, -0.05) is 53.1 Å². The fourth-order valence-corrected chi connectivity index (χ4v) is 20.9. The Morgan fingerprint density at radius 1 is 0.393 bits per heavy atom. The number of rotatable bonds is 14. The van der Waals surface area contributed by atoms with Crippen molar-refractivity contribution in [2.45, 2.75) is 127 Å². The van der Waals surface area contributed by atoms with Crippen LogP contribution in [0.15, 0.2) is 248 Å². The second-order valence-electron chi connectivity index (χ2n) is 36.4. The lowest BCUT2D eigenvalue weighted by molar-refractivity contribution is -0.138. The van der Waals surface area contributed by atoms with Crippen LogP contribution in [0.2, 0.25) is 0 Å². The number of phenolic OH excluding ortho intramolecular Hbond substituents is 5. The zero-order valence-corrected chi connectivity index (χ0v) is 79.4. The summed E-state index contributed by atoms with van der Waals surface area (Å²) in [6.07, 6.45) is 21.3. The van der Waals surface area contributed by atoms with E-state index in [0.29, 0.717) is 36.7 Å². The molecule has 6 aliphatic rings. The second-order valence-corrected chi connectivity index (χ2v) is 37.3.